The van der Waals surface area contributed by atoms with Crippen molar-refractivity contribution in [2.45, 2.75) is 51.9 Å². The molecule has 19 heavy (non-hydrogen) atoms. The average molecular weight is 267 g/mol. The Bertz CT molecular complexity index is 388. The molecule has 2 heterocycles. The first-order chi connectivity index (χ1) is 8.92. The molecule has 0 radical (unpaired) electrons. The maximum Gasteiger partial charge on any atom is 0.118 e. The van der Waals surface area contributed by atoms with Crippen LogP contribution in [0.4, 0.5) is 0 Å². The molecular weight excluding hydrogens is 242 g/mol. The van der Waals surface area contributed by atoms with Gasteiger partial charge in [-0.25, -0.2) is 0 Å². The Kier molecular flexibility index (Phi) is 4.66. The summed E-state index contributed by atoms with van der Waals surface area (Å²) in [6.45, 7) is 8.67. The topological polar surface area (TPSA) is 45.8 Å². The number of nitrogens with zero attached hydrogens (tertiary/aromatic N) is 1. The lowest BCUT2D eigenvalue weighted by Crippen LogP contribution is -2.41. The average Bonchev–Trinajstić information content (AvgIpc) is 2.88. The third-order valence-corrected chi connectivity index (χ3v) is 3.27. The van der Waals surface area contributed by atoms with Gasteiger partial charge >= 0.3 is 0 Å². The van der Waals surface area contributed by atoms with Crippen molar-refractivity contribution in [1.82, 2.24) is 4.90 Å². The lowest BCUT2D eigenvalue weighted by Gasteiger charge is -2.30. The van der Waals surface area contributed by atoms with Crippen LogP contribution in [0, 0.1) is 6.92 Å². The van der Waals surface area contributed by atoms with E-state index in [1.54, 1.807) is 0 Å². The molecule has 1 aliphatic rings. The van der Waals surface area contributed by atoms with Crippen LogP contribution in [0.15, 0.2) is 16.5 Å². The minimum atomic E-state index is -0.708. The summed E-state index contributed by atoms with van der Waals surface area (Å²) in [5, 5.41) is 10.0. The zero-order chi connectivity index (χ0) is 13.9. The van der Waals surface area contributed by atoms with Crippen molar-refractivity contribution in [3.63, 3.8) is 0 Å². The SMILES string of the molecule is Cc1ccc(CN(CC2CCCO2)CC(C)(C)O)o1. The van der Waals surface area contributed by atoms with E-state index in [0.717, 1.165) is 44.1 Å². The molecule has 0 spiro atoms. The van der Waals surface area contributed by atoms with E-state index in [2.05, 4.69) is 4.90 Å². The molecule has 1 atom stereocenters. The van der Waals surface area contributed by atoms with E-state index < -0.39 is 5.60 Å². The fourth-order valence-electron chi connectivity index (χ4n) is 2.60. The van der Waals surface area contributed by atoms with Gasteiger partial charge in [0.25, 0.3) is 0 Å². The molecule has 0 aromatic carbocycles. The maximum atomic E-state index is 10.0. The third-order valence-electron chi connectivity index (χ3n) is 3.27. The fourth-order valence-corrected chi connectivity index (χ4v) is 2.60. The molecule has 1 N–H and O–H groups in total. The monoisotopic (exact) mass is 267 g/mol. The van der Waals surface area contributed by atoms with Gasteiger partial charge in [0.05, 0.1) is 18.2 Å². The number of hydrogen-bond acceptors (Lipinski definition) is 4. The molecule has 1 aromatic rings. The molecule has 0 aliphatic carbocycles. The van der Waals surface area contributed by atoms with Gasteiger partial charge in [-0.1, -0.05) is 0 Å². The van der Waals surface area contributed by atoms with Gasteiger partial charge in [0.1, 0.15) is 11.5 Å². The van der Waals surface area contributed by atoms with E-state index in [1.807, 2.05) is 32.9 Å². The molecule has 0 saturated carbocycles. The van der Waals surface area contributed by atoms with Crippen LogP contribution >= 0.6 is 0 Å². The summed E-state index contributed by atoms with van der Waals surface area (Å²) < 4.78 is 11.3. The summed E-state index contributed by atoms with van der Waals surface area (Å²) in [6.07, 6.45) is 2.54. The van der Waals surface area contributed by atoms with E-state index in [4.69, 9.17) is 9.15 Å². The Morgan fingerprint density at radius 3 is 2.74 bits per heavy atom. The maximum absolute atomic E-state index is 10.0. The highest BCUT2D eigenvalue weighted by molar-refractivity contribution is 5.05. The molecule has 0 bridgehead atoms. The lowest BCUT2D eigenvalue weighted by atomic mass is 10.1. The van der Waals surface area contributed by atoms with Crippen LogP contribution < -0.4 is 0 Å². The Labute approximate surface area is 115 Å². The van der Waals surface area contributed by atoms with Crippen LogP contribution in [0.25, 0.3) is 0 Å². The minimum Gasteiger partial charge on any atom is -0.465 e. The minimum absolute atomic E-state index is 0.290. The molecule has 0 amide bonds. The molecule has 108 valence electrons. The largest absolute Gasteiger partial charge is 0.465 e. The van der Waals surface area contributed by atoms with E-state index in [0.29, 0.717) is 12.6 Å². The normalized spacial score (nSPS) is 20.4. The van der Waals surface area contributed by atoms with E-state index in [-0.39, 0.29) is 0 Å². The van der Waals surface area contributed by atoms with Crippen LogP contribution in [0.1, 0.15) is 38.2 Å². The molecule has 1 aromatic heterocycles. The van der Waals surface area contributed by atoms with Gasteiger partial charge in [-0.3, -0.25) is 4.90 Å². The quantitative estimate of drug-likeness (QED) is 0.859. The first kappa shape index (κ1) is 14.6. The van der Waals surface area contributed by atoms with E-state index >= 15 is 0 Å². The smallest absolute Gasteiger partial charge is 0.118 e. The molecule has 1 unspecified atom stereocenters. The predicted octanol–water partition coefficient (Wildman–Crippen LogP) is 2.34. The zero-order valence-corrected chi connectivity index (χ0v) is 12.2. The van der Waals surface area contributed by atoms with E-state index in [9.17, 15) is 5.11 Å². The number of aliphatic hydroxyl groups is 1. The van der Waals surface area contributed by atoms with Crippen molar-refractivity contribution in [3.8, 4) is 0 Å². The first-order valence-corrected chi connectivity index (χ1v) is 7.04. The summed E-state index contributed by atoms with van der Waals surface area (Å²) in [5.74, 6) is 1.87. The van der Waals surface area contributed by atoms with Gasteiger partial charge in [0.2, 0.25) is 0 Å². The second-order valence-corrected chi connectivity index (χ2v) is 6.13. The van der Waals surface area contributed by atoms with Crippen LogP contribution in [-0.2, 0) is 11.3 Å². The van der Waals surface area contributed by atoms with Gasteiger partial charge in [-0.15, -0.1) is 0 Å². The molecule has 1 saturated heterocycles. The Balaban J connectivity index is 1.96. The number of ether oxygens (including phenoxy) is 1. The van der Waals surface area contributed by atoms with Crippen molar-refractivity contribution in [1.29, 1.82) is 0 Å². The van der Waals surface area contributed by atoms with Crippen molar-refractivity contribution >= 4 is 0 Å². The summed E-state index contributed by atoms with van der Waals surface area (Å²) in [4.78, 5) is 2.22. The van der Waals surface area contributed by atoms with Crippen molar-refractivity contribution in [3.05, 3.63) is 23.7 Å². The van der Waals surface area contributed by atoms with Crippen LogP contribution in [0.5, 0.6) is 0 Å². The highest BCUT2D eigenvalue weighted by Gasteiger charge is 2.24. The second-order valence-electron chi connectivity index (χ2n) is 6.13. The van der Waals surface area contributed by atoms with Gasteiger partial charge in [0, 0.05) is 19.7 Å². The lowest BCUT2D eigenvalue weighted by molar-refractivity contribution is 0.00663. The molecule has 1 fully saturated rings. The third kappa shape index (κ3) is 4.97. The van der Waals surface area contributed by atoms with E-state index in [1.165, 1.54) is 0 Å². The summed E-state index contributed by atoms with van der Waals surface area (Å²) in [5.41, 5.74) is -0.708. The van der Waals surface area contributed by atoms with Crippen LogP contribution in [0.3, 0.4) is 0 Å². The first-order valence-electron chi connectivity index (χ1n) is 7.04. The molecule has 4 nitrogen and oxygen atoms in total. The molecule has 2 rings (SSSR count). The predicted molar refractivity (Wildman–Crippen MR) is 74.0 cm³/mol. The number of aryl methyl sites for hydroxylation is 1. The van der Waals surface area contributed by atoms with Gasteiger partial charge < -0.3 is 14.3 Å². The molecule has 1 aliphatic heterocycles. The van der Waals surface area contributed by atoms with Crippen molar-refractivity contribution in [2.75, 3.05) is 19.7 Å². The Hall–Kier alpha value is -0.840. The number of rotatable bonds is 6. The Morgan fingerprint density at radius 2 is 2.21 bits per heavy atom. The second kappa shape index (κ2) is 6.07. The summed E-state index contributed by atoms with van der Waals surface area (Å²) in [6, 6.07) is 3.98. The zero-order valence-electron chi connectivity index (χ0n) is 12.2. The standard InChI is InChI=1S/C15H25NO3/c1-12-6-7-14(19-12)10-16(11-15(2,3)17)9-13-5-4-8-18-13/h6-7,13,17H,4-5,8-11H2,1-3H3. The molecule has 4 heteroatoms. The number of hydrogen-bond donors (Lipinski definition) is 1. The van der Waals surface area contributed by atoms with Crippen LogP contribution in [0.2, 0.25) is 0 Å². The van der Waals surface area contributed by atoms with Crippen molar-refractivity contribution in [2.24, 2.45) is 0 Å². The van der Waals surface area contributed by atoms with Gasteiger partial charge in [0.15, 0.2) is 0 Å². The highest BCUT2D eigenvalue weighted by Crippen LogP contribution is 2.18. The fraction of sp³-hybridized carbons (Fsp3) is 0.733. The summed E-state index contributed by atoms with van der Waals surface area (Å²) >= 11 is 0. The van der Waals surface area contributed by atoms with Gasteiger partial charge in [-0.05, 0) is 45.7 Å². The highest BCUT2D eigenvalue weighted by atomic mass is 16.5. The van der Waals surface area contributed by atoms with Crippen LogP contribution in [-0.4, -0.2) is 41.4 Å². The molecular formula is C15H25NO3. The summed E-state index contributed by atoms with van der Waals surface area (Å²) in [7, 11) is 0. The number of furan rings is 1. The van der Waals surface area contributed by atoms with Gasteiger partial charge in [-0.2, -0.15) is 0 Å². The Morgan fingerprint density at radius 1 is 1.42 bits per heavy atom. The van der Waals surface area contributed by atoms with Crippen molar-refractivity contribution < 1.29 is 14.3 Å².